The van der Waals surface area contributed by atoms with Gasteiger partial charge >= 0.3 is 12.8 Å². The van der Waals surface area contributed by atoms with Crippen LogP contribution in [0.5, 0.6) is 5.75 Å². The molecule has 0 aliphatic rings. The normalized spacial score (nSPS) is 11.8. The first-order valence-electron chi connectivity index (χ1n) is 5.70. The van der Waals surface area contributed by atoms with Gasteiger partial charge in [0.2, 0.25) is 0 Å². The minimum absolute atomic E-state index is 0.107. The summed E-state index contributed by atoms with van der Waals surface area (Å²) in [5.74, 6) is -0.408. The quantitative estimate of drug-likeness (QED) is 0.666. The first-order valence-corrected chi connectivity index (χ1v) is 6.08. The van der Waals surface area contributed by atoms with Gasteiger partial charge in [0.25, 0.3) is 0 Å². The van der Waals surface area contributed by atoms with E-state index in [0.29, 0.717) is 0 Å². The van der Waals surface area contributed by atoms with Gasteiger partial charge in [-0.2, -0.15) is 22.0 Å². The van der Waals surface area contributed by atoms with Crippen molar-refractivity contribution in [2.45, 2.75) is 12.8 Å². The molecule has 0 aliphatic heterocycles. The Bertz CT molecular complexity index is 640. The second-order valence-electron chi connectivity index (χ2n) is 4.03. The molecule has 1 nitrogen and oxygen atoms in total. The molecule has 0 aromatic heterocycles. The Balaban J connectivity index is 2.68. The molecule has 0 bridgehead atoms. The van der Waals surface area contributed by atoms with Crippen molar-refractivity contribution in [3.63, 3.8) is 0 Å². The van der Waals surface area contributed by atoms with Crippen molar-refractivity contribution in [1.82, 2.24) is 0 Å². The highest BCUT2D eigenvalue weighted by Crippen LogP contribution is 2.43. The molecule has 0 heterocycles. The van der Waals surface area contributed by atoms with Crippen molar-refractivity contribution in [3.05, 3.63) is 53.1 Å². The molecule has 2 aromatic carbocycles. The smallest absolute Gasteiger partial charge is 0.417 e. The zero-order valence-corrected chi connectivity index (χ0v) is 11.1. The predicted octanol–water partition coefficient (Wildman–Crippen LogP) is 5.63. The van der Waals surface area contributed by atoms with Gasteiger partial charge in [-0.25, -0.2) is 0 Å². The highest BCUT2D eigenvalue weighted by Gasteiger charge is 2.34. The number of benzene rings is 2. The molecule has 21 heavy (non-hydrogen) atoms. The van der Waals surface area contributed by atoms with E-state index in [4.69, 9.17) is 11.6 Å². The summed E-state index contributed by atoms with van der Waals surface area (Å²) in [7, 11) is 0. The Morgan fingerprint density at radius 1 is 0.952 bits per heavy atom. The third kappa shape index (κ3) is 3.44. The number of alkyl halides is 5. The molecule has 0 unspecified atom stereocenters. The van der Waals surface area contributed by atoms with Crippen molar-refractivity contribution >= 4 is 11.6 Å². The van der Waals surface area contributed by atoms with E-state index >= 15 is 0 Å². The van der Waals surface area contributed by atoms with E-state index in [0.717, 1.165) is 18.2 Å². The fourth-order valence-electron chi connectivity index (χ4n) is 1.91. The van der Waals surface area contributed by atoms with Crippen LogP contribution in [0.25, 0.3) is 11.1 Å². The standard InChI is InChI=1S/C14H8ClF5O/c15-10-6-3-7-11(21-13(16)17)12(10)8-4-1-2-5-9(8)14(18,19)20/h1-7,13H. The lowest BCUT2D eigenvalue weighted by molar-refractivity contribution is -0.137. The fourth-order valence-corrected chi connectivity index (χ4v) is 2.18. The molecule has 0 saturated heterocycles. The molecule has 0 fully saturated rings. The number of hydrogen-bond donors (Lipinski definition) is 0. The second kappa shape index (κ2) is 5.89. The summed E-state index contributed by atoms with van der Waals surface area (Å²) in [6.45, 7) is -3.17. The van der Waals surface area contributed by atoms with Gasteiger partial charge in [0.05, 0.1) is 10.6 Å². The van der Waals surface area contributed by atoms with Crippen LogP contribution in [-0.4, -0.2) is 6.61 Å². The Kier molecular flexibility index (Phi) is 4.37. The Labute approximate surface area is 121 Å². The van der Waals surface area contributed by atoms with E-state index < -0.39 is 24.1 Å². The molecule has 7 heteroatoms. The molecular weight excluding hydrogens is 315 g/mol. The van der Waals surface area contributed by atoms with E-state index in [1.807, 2.05) is 0 Å². The van der Waals surface area contributed by atoms with Crippen LogP contribution in [0, 0.1) is 0 Å². The molecule has 2 aromatic rings. The largest absolute Gasteiger partial charge is 0.434 e. The van der Waals surface area contributed by atoms with Crippen LogP contribution >= 0.6 is 11.6 Å². The van der Waals surface area contributed by atoms with Crippen LogP contribution in [0.3, 0.4) is 0 Å². The van der Waals surface area contributed by atoms with E-state index in [9.17, 15) is 22.0 Å². The SMILES string of the molecule is FC(F)Oc1cccc(Cl)c1-c1ccccc1C(F)(F)F. The summed E-state index contributed by atoms with van der Waals surface area (Å²) in [6, 6.07) is 8.34. The van der Waals surface area contributed by atoms with Gasteiger partial charge in [0.1, 0.15) is 5.75 Å². The van der Waals surface area contributed by atoms with E-state index in [1.165, 1.54) is 24.3 Å². The number of ether oxygens (including phenoxy) is 1. The van der Waals surface area contributed by atoms with Gasteiger partial charge in [0.15, 0.2) is 0 Å². The molecule has 112 valence electrons. The summed E-state index contributed by atoms with van der Waals surface area (Å²) < 4.78 is 68.1. The van der Waals surface area contributed by atoms with Crippen molar-refractivity contribution in [2.75, 3.05) is 0 Å². The van der Waals surface area contributed by atoms with Crippen LogP contribution < -0.4 is 4.74 Å². The van der Waals surface area contributed by atoms with Gasteiger partial charge in [0, 0.05) is 5.56 Å². The maximum Gasteiger partial charge on any atom is 0.417 e. The fraction of sp³-hybridized carbons (Fsp3) is 0.143. The topological polar surface area (TPSA) is 9.23 Å². The average molecular weight is 323 g/mol. The van der Waals surface area contributed by atoms with Gasteiger partial charge < -0.3 is 4.74 Å². The Hall–Kier alpha value is -1.82. The van der Waals surface area contributed by atoms with Crippen molar-refractivity contribution in [2.24, 2.45) is 0 Å². The molecule has 0 N–H and O–H groups in total. The molecule has 0 aliphatic carbocycles. The lowest BCUT2D eigenvalue weighted by atomic mass is 9.98. The van der Waals surface area contributed by atoms with Crippen molar-refractivity contribution in [3.8, 4) is 16.9 Å². The van der Waals surface area contributed by atoms with Crippen LogP contribution in [0.4, 0.5) is 22.0 Å². The maximum atomic E-state index is 13.0. The predicted molar refractivity (Wildman–Crippen MR) is 68.5 cm³/mol. The van der Waals surface area contributed by atoms with E-state index in [-0.39, 0.29) is 16.1 Å². The van der Waals surface area contributed by atoms with Crippen LogP contribution in [0.15, 0.2) is 42.5 Å². The van der Waals surface area contributed by atoms with Gasteiger partial charge in [-0.05, 0) is 23.8 Å². The van der Waals surface area contributed by atoms with E-state index in [1.54, 1.807) is 0 Å². The van der Waals surface area contributed by atoms with Crippen LogP contribution in [0.1, 0.15) is 5.56 Å². The number of rotatable bonds is 3. The van der Waals surface area contributed by atoms with E-state index in [2.05, 4.69) is 4.74 Å². The zero-order valence-electron chi connectivity index (χ0n) is 10.3. The van der Waals surface area contributed by atoms with Crippen LogP contribution in [-0.2, 0) is 6.18 Å². The second-order valence-corrected chi connectivity index (χ2v) is 4.44. The Morgan fingerprint density at radius 2 is 1.62 bits per heavy atom. The minimum Gasteiger partial charge on any atom is -0.434 e. The third-order valence-corrected chi connectivity index (χ3v) is 3.01. The molecule has 2 rings (SSSR count). The van der Waals surface area contributed by atoms with Crippen molar-refractivity contribution in [1.29, 1.82) is 0 Å². The summed E-state index contributed by atoms with van der Waals surface area (Å²) in [5, 5.41) is -0.107. The molecule has 0 amide bonds. The molecular formula is C14H8ClF5O. The lowest BCUT2D eigenvalue weighted by Gasteiger charge is -2.17. The molecule has 0 atom stereocenters. The molecule has 0 radical (unpaired) electrons. The first-order chi connectivity index (χ1) is 9.80. The minimum atomic E-state index is -4.64. The zero-order chi connectivity index (χ0) is 15.6. The van der Waals surface area contributed by atoms with Crippen LogP contribution in [0.2, 0.25) is 5.02 Å². The van der Waals surface area contributed by atoms with Crippen molar-refractivity contribution < 1.29 is 26.7 Å². The maximum absolute atomic E-state index is 13.0. The lowest BCUT2D eigenvalue weighted by Crippen LogP contribution is -2.08. The third-order valence-electron chi connectivity index (χ3n) is 2.69. The summed E-state index contributed by atoms with van der Waals surface area (Å²) >= 11 is 5.88. The van der Waals surface area contributed by atoms with Gasteiger partial charge in [-0.3, -0.25) is 0 Å². The summed E-state index contributed by atoms with van der Waals surface area (Å²) in [4.78, 5) is 0. The first kappa shape index (κ1) is 15.6. The summed E-state index contributed by atoms with van der Waals surface area (Å²) in [6.07, 6.45) is -4.64. The molecule has 0 saturated carbocycles. The average Bonchev–Trinajstić information content (AvgIpc) is 2.37. The van der Waals surface area contributed by atoms with Gasteiger partial charge in [-0.15, -0.1) is 0 Å². The number of halogens is 6. The van der Waals surface area contributed by atoms with Gasteiger partial charge in [-0.1, -0.05) is 35.9 Å². The molecule has 0 spiro atoms. The highest BCUT2D eigenvalue weighted by atomic mass is 35.5. The Morgan fingerprint density at radius 3 is 2.24 bits per heavy atom. The number of hydrogen-bond acceptors (Lipinski definition) is 1. The summed E-state index contributed by atoms with van der Waals surface area (Å²) in [5.41, 5.74) is -1.50. The monoisotopic (exact) mass is 322 g/mol. The highest BCUT2D eigenvalue weighted by molar-refractivity contribution is 6.33.